The molecule has 2 N–H and O–H groups in total. The summed E-state index contributed by atoms with van der Waals surface area (Å²) < 4.78 is 9.80. The third-order valence-corrected chi connectivity index (χ3v) is 1.49. The molecular formula is C7H8N4O2. The minimum absolute atomic E-state index is 0.247. The van der Waals surface area contributed by atoms with E-state index in [0.717, 1.165) is 5.69 Å². The monoisotopic (exact) mass is 180 g/mol. The van der Waals surface area contributed by atoms with Crippen LogP contribution in [-0.4, -0.2) is 15.3 Å². The number of nitrogens with two attached hydrogens (primary N) is 1. The van der Waals surface area contributed by atoms with Gasteiger partial charge in [-0.3, -0.25) is 0 Å². The molecule has 0 aromatic carbocycles. The number of hydrogen-bond acceptors (Lipinski definition) is 6. The second-order valence-electron chi connectivity index (χ2n) is 2.55. The van der Waals surface area contributed by atoms with E-state index in [4.69, 9.17) is 14.8 Å². The summed E-state index contributed by atoms with van der Waals surface area (Å²) in [5.41, 5.74) is 6.08. The summed E-state index contributed by atoms with van der Waals surface area (Å²) in [6, 6.07) is 1.72. The summed E-state index contributed by atoms with van der Waals surface area (Å²) in [4.78, 5) is 3.98. The Kier molecular flexibility index (Phi) is 1.82. The van der Waals surface area contributed by atoms with Crippen LogP contribution in [0.1, 0.15) is 11.5 Å². The van der Waals surface area contributed by atoms with E-state index in [0.29, 0.717) is 17.5 Å². The molecule has 2 aromatic heterocycles. The van der Waals surface area contributed by atoms with E-state index >= 15 is 0 Å². The predicted molar refractivity (Wildman–Crippen MR) is 42.4 cm³/mol. The van der Waals surface area contributed by atoms with Gasteiger partial charge in [0.1, 0.15) is 0 Å². The fourth-order valence-corrected chi connectivity index (χ4v) is 0.901. The van der Waals surface area contributed by atoms with Crippen LogP contribution in [0.15, 0.2) is 15.1 Å². The van der Waals surface area contributed by atoms with Gasteiger partial charge in [0.25, 0.3) is 5.89 Å². The Hall–Kier alpha value is -1.69. The molecule has 6 heteroatoms. The minimum Gasteiger partial charge on any atom is -0.351 e. The van der Waals surface area contributed by atoms with Crippen molar-refractivity contribution in [2.75, 3.05) is 0 Å². The lowest BCUT2D eigenvalue weighted by atomic mass is 10.4. The summed E-state index contributed by atoms with van der Waals surface area (Å²) in [6.45, 7) is 2.06. The smallest absolute Gasteiger partial charge is 0.296 e. The molecule has 2 aromatic rings. The highest BCUT2D eigenvalue weighted by atomic mass is 16.5. The lowest BCUT2D eigenvalue weighted by Gasteiger charge is -1.80. The SMILES string of the molecule is Cc1cc(-c2nc(CN)no2)on1. The van der Waals surface area contributed by atoms with Crippen LogP contribution >= 0.6 is 0 Å². The van der Waals surface area contributed by atoms with E-state index in [1.807, 2.05) is 6.92 Å². The Morgan fingerprint density at radius 3 is 2.77 bits per heavy atom. The molecule has 0 radical (unpaired) electrons. The van der Waals surface area contributed by atoms with E-state index in [1.165, 1.54) is 0 Å². The molecule has 0 unspecified atom stereocenters. The minimum atomic E-state index is 0.247. The Morgan fingerprint density at radius 2 is 2.23 bits per heavy atom. The maximum absolute atomic E-state index is 5.32. The summed E-state index contributed by atoms with van der Waals surface area (Å²) in [5.74, 6) is 1.22. The normalized spacial score (nSPS) is 10.6. The Bertz CT molecular complexity index is 406. The average molecular weight is 180 g/mol. The molecule has 0 bridgehead atoms. The first-order chi connectivity index (χ1) is 6.29. The van der Waals surface area contributed by atoms with Crippen molar-refractivity contribution < 1.29 is 9.05 Å². The zero-order valence-electron chi connectivity index (χ0n) is 7.02. The number of rotatable bonds is 2. The molecule has 0 saturated heterocycles. The van der Waals surface area contributed by atoms with Crippen LogP contribution in [-0.2, 0) is 6.54 Å². The molecule has 13 heavy (non-hydrogen) atoms. The molecule has 68 valence electrons. The van der Waals surface area contributed by atoms with Gasteiger partial charge >= 0.3 is 0 Å². The average Bonchev–Trinajstić information content (AvgIpc) is 2.71. The van der Waals surface area contributed by atoms with Gasteiger partial charge in [0, 0.05) is 6.07 Å². The molecule has 0 atom stereocenters. The van der Waals surface area contributed by atoms with Crippen LogP contribution < -0.4 is 5.73 Å². The van der Waals surface area contributed by atoms with Crippen molar-refractivity contribution in [1.29, 1.82) is 0 Å². The van der Waals surface area contributed by atoms with Gasteiger partial charge in [0.2, 0.25) is 5.76 Å². The molecule has 2 rings (SSSR count). The van der Waals surface area contributed by atoms with Crippen molar-refractivity contribution in [1.82, 2.24) is 15.3 Å². The first kappa shape index (κ1) is 7.93. The van der Waals surface area contributed by atoms with E-state index in [1.54, 1.807) is 6.07 Å². The van der Waals surface area contributed by atoms with Crippen LogP contribution in [0.5, 0.6) is 0 Å². The molecular weight excluding hydrogens is 172 g/mol. The molecule has 2 heterocycles. The van der Waals surface area contributed by atoms with E-state index in [-0.39, 0.29) is 6.54 Å². The number of hydrogen-bond donors (Lipinski definition) is 1. The van der Waals surface area contributed by atoms with Gasteiger partial charge in [0.05, 0.1) is 12.2 Å². The van der Waals surface area contributed by atoms with Gasteiger partial charge in [0.15, 0.2) is 5.82 Å². The Balaban J connectivity index is 2.35. The molecule has 0 spiro atoms. The highest BCUT2D eigenvalue weighted by Gasteiger charge is 2.11. The van der Waals surface area contributed by atoms with Gasteiger partial charge in [-0.2, -0.15) is 4.98 Å². The predicted octanol–water partition coefficient (Wildman–Crippen LogP) is 0.492. The van der Waals surface area contributed by atoms with Crippen molar-refractivity contribution in [3.8, 4) is 11.7 Å². The van der Waals surface area contributed by atoms with Crippen molar-refractivity contribution in [3.63, 3.8) is 0 Å². The van der Waals surface area contributed by atoms with Crippen LogP contribution in [0.3, 0.4) is 0 Å². The summed E-state index contributed by atoms with van der Waals surface area (Å²) in [6.07, 6.45) is 0. The fourth-order valence-electron chi connectivity index (χ4n) is 0.901. The Morgan fingerprint density at radius 1 is 1.38 bits per heavy atom. The van der Waals surface area contributed by atoms with Gasteiger partial charge in [-0.1, -0.05) is 10.3 Å². The van der Waals surface area contributed by atoms with Crippen molar-refractivity contribution in [3.05, 3.63) is 17.6 Å². The molecule has 0 aliphatic carbocycles. The van der Waals surface area contributed by atoms with Gasteiger partial charge in [-0.15, -0.1) is 0 Å². The number of aromatic nitrogens is 3. The molecule has 0 fully saturated rings. The van der Waals surface area contributed by atoms with E-state index < -0.39 is 0 Å². The zero-order chi connectivity index (χ0) is 9.26. The second kappa shape index (κ2) is 2.98. The number of aryl methyl sites for hydroxylation is 1. The topological polar surface area (TPSA) is 91.0 Å². The quantitative estimate of drug-likeness (QED) is 0.723. The van der Waals surface area contributed by atoms with Crippen molar-refractivity contribution in [2.24, 2.45) is 5.73 Å². The third-order valence-electron chi connectivity index (χ3n) is 1.49. The van der Waals surface area contributed by atoms with Crippen LogP contribution in [0.25, 0.3) is 11.7 Å². The van der Waals surface area contributed by atoms with Gasteiger partial charge in [-0.05, 0) is 6.92 Å². The van der Waals surface area contributed by atoms with Crippen molar-refractivity contribution >= 4 is 0 Å². The largest absolute Gasteiger partial charge is 0.351 e. The molecule has 0 saturated carbocycles. The van der Waals surface area contributed by atoms with Crippen LogP contribution in [0.4, 0.5) is 0 Å². The lowest BCUT2D eigenvalue weighted by Crippen LogP contribution is -1.97. The lowest BCUT2D eigenvalue weighted by molar-refractivity contribution is 0.380. The second-order valence-corrected chi connectivity index (χ2v) is 2.55. The third kappa shape index (κ3) is 1.43. The Labute approximate surface area is 73.7 Å². The van der Waals surface area contributed by atoms with Gasteiger partial charge in [-0.25, -0.2) is 0 Å². The summed E-state index contributed by atoms with van der Waals surface area (Å²) in [7, 11) is 0. The zero-order valence-corrected chi connectivity index (χ0v) is 7.02. The molecule has 6 nitrogen and oxygen atoms in total. The molecule has 0 aliphatic rings. The van der Waals surface area contributed by atoms with E-state index in [2.05, 4.69) is 15.3 Å². The highest BCUT2D eigenvalue weighted by Crippen LogP contribution is 2.17. The molecule has 0 aliphatic heterocycles. The summed E-state index contributed by atoms with van der Waals surface area (Å²) >= 11 is 0. The maximum atomic E-state index is 5.32. The molecule has 0 amide bonds. The van der Waals surface area contributed by atoms with E-state index in [9.17, 15) is 0 Å². The first-order valence-electron chi connectivity index (χ1n) is 3.76. The van der Waals surface area contributed by atoms with Gasteiger partial charge < -0.3 is 14.8 Å². The maximum Gasteiger partial charge on any atom is 0.296 e. The first-order valence-corrected chi connectivity index (χ1v) is 3.76. The fraction of sp³-hybridized carbons (Fsp3) is 0.286. The number of nitrogens with zero attached hydrogens (tertiary/aromatic N) is 3. The standard InChI is InChI=1S/C7H8N4O2/c1-4-2-5(12-10-4)7-9-6(3-8)11-13-7/h2H,3,8H2,1H3. The van der Waals surface area contributed by atoms with Crippen LogP contribution in [0.2, 0.25) is 0 Å². The van der Waals surface area contributed by atoms with Crippen LogP contribution in [0, 0.1) is 6.92 Å². The summed E-state index contributed by atoms with van der Waals surface area (Å²) in [5, 5.41) is 7.32. The van der Waals surface area contributed by atoms with Crippen molar-refractivity contribution in [2.45, 2.75) is 13.5 Å². The highest BCUT2D eigenvalue weighted by molar-refractivity contribution is 5.43.